The molecule has 8 nitrogen and oxygen atoms in total. The first kappa shape index (κ1) is 19.7. The Hall–Kier alpha value is -2.65. The third-order valence-electron chi connectivity index (χ3n) is 5.21. The lowest BCUT2D eigenvalue weighted by Crippen LogP contribution is -2.41. The van der Waals surface area contributed by atoms with E-state index in [1.54, 1.807) is 35.5 Å². The van der Waals surface area contributed by atoms with Gasteiger partial charge in [-0.15, -0.1) is 0 Å². The van der Waals surface area contributed by atoms with Gasteiger partial charge in [0.15, 0.2) is 11.5 Å². The molecule has 3 heterocycles. The van der Waals surface area contributed by atoms with Gasteiger partial charge < -0.3 is 14.4 Å². The van der Waals surface area contributed by atoms with E-state index in [9.17, 15) is 13.2 Å². The molecule has 4 rings (SSSR count). The zero-order valence-corrected chi connectivity index (χ0v) is 16.7. The van der Waals surface area contributed by atoms with Crippen LogP contribution in [0, 0.1) is 5.92 Å². The minimum atomic E-state index is -3.64. The van der Waals surface area contributed by atoms with Crippen molar-refractivity contribution < 1.29 is 22.7 Å². The van der Waals surface area contributed by atoms with Crippen molar-refractivity contribution in [3.8, 4) is 11.5 Å². The predicted molar refractivity (Wildman–Crippen MR) is 105 cm³/mol. The molecule has 29 heavy (non-hydrogen) atoms. The molecule has 0 atom stereocenters. The van der Waals surface area contributed by atoms with Crippen molar-refractivity contribution in [3.05, 3.63) is 48.3 Å². The van der Waals surface area contributed by atoms with Gasteiger partial charge >= 0.3 is 0 Å². The van der Waals surface area contributed by atoms with Crippen molar-refractivity contribution >= 4 is 15.9 Å². The Morgan fingerprint density at radius 3 is 2.48 bits per heavy atom. The molecule has 154 valence electrons. The Kier molecular flexibility index (Phi) is 5.68. The van der Waals surface area contributed by atoms with E-state index in [2.05, 4.69) is 9.71 Å². The molecule has 9 heteroatoms. The van der Waals surface area contributed by atoms with Crippen LogP contribution in [0.5, 0.6) is 11.5 Å². The molecule has 0 saturated carbocycles. The number of ether oxygens (including phenoxy) is 2. The molecule has 0 bridgehead atoms. The maximum absolute atomic E-state index is 12.6. The SMILES string of the molecule is O=C(c1ccncc1)N1CCC(CNS(=O)(=O)c2ccc3c(c2)OCCO3)CC1. The number of aromatic nitrogens is 1. The molecule has 1 fully saturated rings. The standard InChI is InChI=1S/C20H23N3O5S/c24-20(16-3-7-21-8-4-16)23-9-5-15(6-10-23)14-22-29(25,26)17-1-2-18-19(13-17)28-12-11-27-18/h1-4,7-8,13,15,22H,5-6,9-12,14H2. The molecule has 2 aliphatic rings. The third kappa shape index (κ3) is 4.51. The Labute approximate surface area is 169 Å². The van der Waals surface area contributed by atoms with E-state index < -0.39 is 10.0 Å². The van der Waals surface area contributed by atoms with E-state index in [1.807, 2.05) is 0 Å². The molecule has 2 aliphatic heterocycles. The van der Waals surface area contributed by atoms with Crippen LogP contribution < -0.4 is 14.2 Å². The maximum Gasteiger partial charge on any atom is 0.253 e. The van der Waals surface area contributed by atoms with Crippen LogP contribution in [0.2, 0.25) is 0 Å². The highest BCUT2D eigenvalue weighted by Gasteiger charge is 2.26. The molecule has 1 aromatic heterocycles. The molecule has 0 radical (unpaired) electrons. The number of carbonyl (C=O) groups is 1. The number of likely N-dealkylation sites (tertiary alicyclic amines) is 1. The van der Waals surface area contributed by atoms with E-state index >= 15 is 0 Å². The number of hydrogen-bond acceptors (Lipinski definition) is 6. The first-order chi connectivity index (χ1) is 14.0. The van der Waals surface area contributed by atoms with Crippen molar-refractivity contribution in [3.63, 3.8) is 0 Å². The second kappa shape index (κ2) is 8.38. The molecule has 0 spiro atoms. The number of nitrogens with one attached hydrogen (secondary N) is 1. The summed E-state index contributed by atoms with van der Waals surface area (Å²) in [5, 5.41) is 0. The molecule has 0 aliphatic carbocycles. The number of rotatable bonds is 5. The first-order valence-corrected chi connectivity index (χ1v) is 11.1. The number of hydrogen-bond donors (Lipinski definition) is 1. The van der Waals surface area contributed by atoms with Crippen molar-refractivity contribution in [2.75, 3.05) is 32.8 Å². The van der Waals surface area contributed by atoms with Crippen LogP contribution in [0.3, 0.4) is 0 Å². The topological polar surface area (TPSA) is 97.8 Å². The van der Waals surface area contributed by atoms with Gasteiger partial charge in [-0.2, -0.15) is 0 Å². The fraction of sp³-hybridized carbons (Fsp3) is 0.400. The van der Waals surface area contributed by atoms with Gasteiger partial charge in [0, 0.05) is 43.7 Å². The van der Waals surface area contributed by atoms with Gasteiger partial charge in [0.05, 0.1) is 4.90 Å². The highest BCUT2D eigenvalue weighted by Crippen LogP contribution is 2.32. The maximum atomic E-state index is 12.6. The monoisotopic (exact) mass is 417 g/mol. The van der Waals surface area contributed by atoms with Crippen LogP contribution in [0.25, 0.3) is 0 Å². The van der Waals surface area contributed by atoms with E-state index in [4.69, 9.17) is 9.47 Å². The zero-order valence-electron chi connectivity index (χ0n) is 15.9. The van der Waals surface area contributed by atoms with E-state index in [0.717, 1.165) is 12.8 Å². The summed E-state index contributed by atoms with van der Waals surface area (Å²) in [6.45, 7) is 2.42. The smallest absolute Gasteiger partial charge is 0.253 e. The Bertz CT molecular complexity index is 973. The number of benzene rings is 1. The summed E-state index contributed by atoms with van der Waals surface area (Å²) in [4.78, 5) is 18.4. The lowest BCUT2D eigenvalue weighted by atomic mass is 9.97. The van der Waals surface area contributed by atoms with Crippen molar-refractivity contribution in [1.29, 1.82) is 0 Å². The minimum absolute atomic E-state index is 0.0114. The Morgan fingerprint density at radius 2 is 1.76 bits per heavy atom. The molecule has 2 aromatic rings. The molecule has 1 amide bonds. The first-order valence-electron chi connectivity index (χ1n) is 9.61. The lowest BCUT2D eigenvalue weighted by molar-refractivity contribution is 0.0692. The van der Waals surface area contributed by atoms with Gasteiger partial charge in [0.25, 0.3) is 5.91 Å². The number of nitrogens with zero attached hydrogens (tertiary/aromatic N) is 2. The van der Waals surface area contributed by atoms with Gasteiger partial charge in [-0.05, 0) is 43.0 Å². The fourth-order valence-electron chi connectivity index (χ4n) is 3.52. The van der Waals surface area contributed by atoms with Gasteiger partial charge in [-0.25, -0.2) is 13.1 Å². The number of fused-ring (bicyclic) bond motifs is 1. The Morgan fingerprint density at radius 1 is 1.07 bits per heavy atom. The molecule has 0 unspecified atom stereocenters. The van der Waals surface area contributed by atoms with Crippen LogP contribution in [-0.4, -0.2) is 57.1 Å². The van der Waals surface area contributed by atoms with Crippen molar-refractivity contribution in [2.45, 2.75) is 17.7 Å². The highest BCUT2D eigenvalue weighted by molar-refractivity contribution is 7.89. The van der Waals surface area contributed by atoms with Crippen LogP contribution >= 0.6 is 0 Å². The van der Waals surface area contributed by atoms with Crippen LogP contribution in [0.4, 0.5) is 0 Å². The molecule has 1 saturated heterocycles. The normalized spacial score (nSPS) is 17.2. The molecule has 1 aromatic carbocycles. The second-order valence-electron chi connectivity index (χ2n) is 7.13. The van der Waals surface area contributed by atoms with Gasteiger partial charge in [0.2, 0.25) is 10.0 Å². The van der Waals surface area contributed by atoms with Gasteiger partial charge in [-0.1, -0.05) is 0 Å². The van der Waals surface area contributed by atoms with Crippen LogP contribution in [0.15, 0.2) is 47.6 Å². The summed E-state index contributed by atoms with van der Waals surface area (Å²) in [5.41, 5.74) is 0.623. The fourth-order valence-corrected chi connectivity index (χ4v) is 4.65. The van der Waals surface area contributed by atoms with Crippen LogP contribution in [0.1, 0.15) is 23.2 Å². The molecular weight excluding hydrogens is 394 g/mol. The van der Waals surface area contributed by atoms with Gasteiger partial charge in [-0.3, -0.25) is 9.78 Å². The van der Waals surface area contributed by atoms with Crippen LogP contribution in [-0.2, 0) is 10.0 Å². The molecular formula is C20H23N3O5S. The average molecular weight is 417 g/mol. The summed E-state index contributed by atoms with van der Waals surface area (Å²) in [5.74, 6) is 1.18. The lowest BCUT2D eigenvalue weighted by Gasteiger charge is -2.32. The quantitative estimate of drug-likeness (QED) is 0.795. The number of piperidine rings is 1. The van der Waals surface area contributed by atoms with Crippen molar-refractivity contribution in [2.24, 2.45) is 5.92 Å². The van der Waals surface area contributed by atoms with E-state index in [0.29, 0.717) is 49.9 Å². The third-order valence-corrected chi connectivity index (χ3v) is 6.64. The summed E-state index contributed by atoms with van der Waals surface area (Å²) >= 11 is 0. The largest absolute Gasteiger partial charge is 0.486 e. The number of carbonyl (C=O) groups excluding carboxylic acids is 1. The van der Waals surface area contributed by atoms with E-state index in [1.165, 1.54) is 12.1 Å². The second-order valence-corrected chi connectivity index (χ2v) is 8.90. The number of sulfonamides is 1. The van der Waals surface area contributed by atoms with E-state index in [-0.39, 0.29) is 16.7 Å². The zero-order chi connectivity index (χ0) is 20.3. The number of amides is 1. The van der Waals surface area contributed by atoms with Crippen molar-refractivity contribution in [1.82, 2.24) is 14.6 Å². The summed E-state index contributed by atoms with van der Waals surface area (Å²) in [6, 6.07) is 8.04. The average Bonchev–Trinajstić information content (AvgIpc) is 2.78. The highest BCUT2D eigenvalue weighted by atomic mass is 32.2. The van der Waals surface area contributed by atoms with Gasteiger partial charge in [0.1, 0.15) is 13.2 Å². The minimum Gasteiger partial charge on any atom is -0.486 e. The summed E-state index contributed by atoms with van der Waals surface area (Å²) in [6.07, 6.45) is 4.71. The number of pyridine rings is 1. The summed E-state index contributed by atoms with van der Waals surface area (Å²) in [7, 11) is -3.64. The molecule has 1 N–H and O–H groups in total. The predicted octanol–water partition coefficient (Wildman–Crippen LogP) is 1.68. The summed E-state index contributed by atoms with van der Waals surface area (Å²) < 4.78 is 38.9. The Balaban J connectivity index is 1.31.